The van der Waals surface area contributed by atoms with Gasteiger partial charge < -0.3 is 29.6 Å². The van der Waals surface area contributed by atoms with Crippen LogP contribution in [0.5, 0.6) is 11.5 Å². The lowest BCUT2D eigenvalue weighted by Gasteiger charge is -2.26. The number of methoxy groups -OCH3 is 1. The molecule has 1 aliphatic heterocycles. The number of carbonyl (C=O) groups excluding carboxylic acids is 3. The molecule has 1 saturated heterocycles. The Morgan fingerprint density at radius 2 is 1.73 bits per heavy atom. The number of nitrogens with one attached hydrogen (secondary N) is 3. The highest BCUT2D eigenvalue weighted by atomic mass is 16.5. The normalized spacial score (nSPS) is 15.5. The summed E-state index contributed by atoms with van der Waals surface area (Å²) in [6.07, 6.45) is 1.05. The number of hydrogen-bond acceptors (Lipinski definition) is 9. The molecule has 1 aliphatic carbocycles. The molecule has 1 saturated carbocycles. The minimum atomic E-state index is -0.804. The lowest BCUT2D eigenvalue weighted by atomic mass is 9.85. The van der Waals surface area contributed by atoms with Crippen LogP contribution in [0, 0.1) is 0 Å². The number of rotatable bonds is 12. The molecule has 0 aromatic heterocycles. The first-order valence-corrected chi connectivity index (χ1v) is 16.4. The van der Waals surface area contributed by atoms with Crippen LogP contribution in [-0.4, -0.2) is 87.7 Å². The molecule has 2 aliphatic rings. The summed E-state index contributed by atoms with van der Waals surface area (Å²) >= 11 is 0. The summed E-state index contributed by atoms with van der Waals surface area (Å²) in [5.41, 5.74) is 3.82. The van der Waals surface area contributed by atoms with Crippen molar-refractivity contribution in [2.24, 2.45) is 5.10 Å². The van der Waals surface area contributed by atoms with Crippen LogP contribution in [0.4, 0.5) is 10.5 Å². The first kappa shape index (κ1) is 34.6. The van der Waals surface area contributed by atoms with Gasteiger partial charge in [-0.15, -0.1) is 0 Å². The van der Waals surface area contributed by atoms with E-state index in [0.717, 1.165) is 43.4 Å². The maximum absolute atomic E-state index is 14.2. The van der Waals surface area contributed by atoms with Crippen LogP contribution in [-0.2, 0) is 19.7 Å². The Bertz CT molecular complexity index is 1670. The van der Waals surface area contributed by atoms with Crippen LogP contribution in [0.25, 0.3) is 10.8 Å². The lowest BCUT2D eigenvalue weighted by Crippen LogP contribution is -2.38. The fraction of sp³-hybridized carbons (Fsp3) is 0.444. The molecule has 2 fully saturated rings. The van der Waals surface area contributed by atoms with Gasteiger partial charge in [0.2, 0.25) is 0 Å². The predicted octanol–water partition coefficient (Wildman–Crippen LogP) is 4.84. The Labute approximate surface area is 281 Å². The zero-order valence-corrected chi connectivity index (χ0v) is 28.3. The minimum Gasteiger partial charge on any atom is -0.494 e. The van der Waals surface area contributed by atoms with Gasteiger partial charge >= 0.3 is 6.09 Å². The molecular formula is C36H45N5O7. The topological polar surface area (TPSA) is 140 Å². The van der Waals surface area contributed by atoms with E-state index < -0.39 is 12.0 Å². The molecule has 48 heavy (non-hydrogen) atoms. The molecule has 0 spiro atoms. The molecule has 256 valence electrons. The zero-order valence-electron chi connectivity index (χ0n) is 28.3. The van der Waals surface area contributed by atoms with Gasteiger partial charge in [-0.1, -0.05) is 45.0 Å². The third-order valence-electron chi connectivity index (χ3n) is 8.22. The third-order valence-corrected chi connectivity index (χ3v) is 8.22. The number of morpholine rings is 1. The van der Waals surface area contributed by atoms with Gasteiger partial charge in [0.15, 0.2) is 11.5 Å². The van der Waals surface area contributed by atoms with Crippen molar-refractivity contribution in [2.45, 2.75) is 52.0 Å². The van der Waals surface area contributed by atoms with Gasteiger partial charge in [-0.25, -0.2) is 10.2 Å². The van der Waals surface area contributed by atoms with Crippen LogP contribution in [0.2, 0.25) is 0 Å². The van der Waals surface area contributed by atoms with Crippen molar-refractivity contribution in [2.75, 3.05) is 58.5 Å². The summed E-state index contributed by atoms with van der Waals surface area (Å²) in [6, 6.07) is 14.8. The number of nitrogens with zero attached hydrogens (tertiary/aromatic N) is 2. The number of hydrogen-bond donors (Lipinski definition) is 3. The number of carbonyl (C=O) groups is 3. The molecule has 5 rings (SSSR count). The van der Waals surface area contributed by atoms with Crippen LogP contribution in [0.15, 0.2) is 53.6 Å². The first-order chi connectivity index (χ1) is 23.1. The third kappa shape index (κ3) is 8.61. The van der Waals surface area contributed by atoms with E-state index in [9.17, 15) is 14.4 Å². The van der Waals surface area contributed by atoms with E-state index in [1.807, 2.05) is 45.0 Å². The predicted molar refractivity (Wildman–Crippen MR) is 184 cm³/mol. The van der Waals surface area contributed by atoms with Crippen LogP contribution in [0.1, 0.15) is 62.0 Å². The zero-order chi connectivity index (χ0) is 34.3. The number of fused-ring (bicyclic) bond motifs is 1. The van der Waals surface area contributed by atoms with Gasteiger partial charge in [0, 0.05) is 36.6 Å². The SMILES string of the molecule is CCOC(=O)NN=C(C(=O)Nc1cc(C(C)(C)C)cc(C(=O)NC2CC2)c1OC)c1ccc(OCCN2CCOCC2)c2ccccc12. The molecule has 3 aromatic carbocycles. The Balaban J connectivity index is 1.50. The molecule has 0 bridgehead atoms. The molecular weight excluding hydrogens is 614 g/mol. The smallest absolute Gasteiger partial charge is 0.427 e. The van der Waals surface area contributed by atoms with E-state index in [-0.39, 0.29) is 35.4 Å². The molecule has 12 heteroatoms. The Hall–Kier alpha value is -4.68. The van der Waals surface area contributed by atoms with Crippen LogP contribution < -0.4 is 25.5 Å². The number of benzene rings is 3. The maximum Gasteiger partial charge on any atom is 0.427 e. The van der Waals surface area contributed by atoms with E-state index in [1.54, 1.807) is 31.2 Å². The van der Waals surface area contributed by atoms with E-state index in [4.69, 9.17) is 18.9 Å². The summed E-state index contributed by atoms with van der Waals surface area (Å²) in [6.45, 7) is 12.3. The molecule has 3 aromatic rings. The summed E-state index contributed by atoms with van der Waals surface area (Å²) in [7, 11) is 1.46. The van der Waals surface area contributed by atoms with Gasteiger partial charge in [0.1, 0.15) is 12.4 Å². The molecule has 0 unspecified atom stereocenters. The van der Waals surface area contributed by atoms with Crippen molar-refractivity contribution in [1.82, 2.24) is 15.6 Å². The summed E-state index contributed by atoms with van der Waals surface area (Å²) in [4.78, 5) is 42.2. The average molecular weight is 660 g/mol. The minimum absolute atomic E-state index is 0.0775. The molecule has 1 heterocycles. The van der Waals surface area contributed by atoms with Crippen LogP contribution >= 0.6 is 0 Å². The van der Waals surface area contributed by atoms with Gasteiger partial charge in [-0.2, -0.15) is 5.10 Å². The van der Waals surface area contributed by atoms with Crippen molar-refractivity contribution < 1.29 is 33.3 Å². The Morgan fingerprint density at radius 3 is 2.40 bits per heavy atom. The number of hydrazone groups is 1. The molecule has 12 nitrogen and oxygen atoms in total. The Kier molecular flexibility index (Phi) is 11.2. The second-order valence-corrected chi connectivity index (χ2v) is 12.8. The number of ether oxygens (including phenoxy) is 4. The highest BCUT2D eigenvalue weighted by molar-refractivity contribution is 6.50. The average Bonchev–Trinajstić information content (AvgIpc) is 3.89. The van der Waals surface area contributed by atoms with Crippen molar-refractivity contribution in [3.05, 3.63) is 65.2 Å². The summed E-state index contributed by atoms with van der Waals surface area (Å²) < 4.78 is 22.4. The maximum atomic E-state index is 14.2. The quantitative estimate of drug-likeness (QED) is 0.186. The van der Waals surface area contributed by atoms with Gasteiger partial charge in [0.25, 0.3) is 11.8 Å². The van der Waals surface area contributed by atoms with Gasteiger partial charge in [0.05, 0.1) is 38.2 Å². The molecule has 0 atom stereocenters. The van der Waals surface area contributed by atoms with Crippen molar-refractivity contribution in [3.63, 3.8) is 0 Å². The monoisotopic (exact) mass is 659 g/mol. The van der Waals surface area contributed by atoms with Gasteiger partial charge in [-0.05, 0) is 60.4 Å². The van der Waals surface area contributed by atoms with Crippen LogP contribution in [0.3, 0.4) is 0 Å². The molecule has 3 N–H and O–H groups in total. The van der Waals surface area contributed by atoms with E-state index in [0.29, 0.717) is 47.8 Å². The van der Waals surface area contributed by atoms with E-state index in [1.165, 1.54) is 7.11 Å². The molecule has 0 radical (unpaired) electrons. The highest BCUT2D eigenvalue weighted by Crippen LogP contribution is 2.36. The van der Waals surface area contributed by atoms with E-state index in [2.05, 4.69) is 26.1 Å². The van der Waals surface area contributed by atoms with Crippen molar-refractivity contribution in [1.29, 1.82) is 0 Å². The fourth-order valence-corrected chi connectivity index (χ4v) is 5.43. The first-order valence-electron chi connectivity index (χ1n) is 16.4. The molecule has 3 amide bonds. The highest BCUT2D eigenvalue weighted by Gasteiger charge is 2.29. The Morgan fingerprint density at radius 1 is 1.00 bits per heavy atom. The van der Waals surface area contributed by atoms with Gasteiger partial charge in [-0.3, -0.25) is 14.5 Å². The standard InChI is InChI=1S/C36H45N5O7/c1-6-47-35(44)40-39-31(27-13-14-30(26-10-8-7-9-25(26)27)48-20-17-41-15-18-46-19-16-41)34(43)38-29-22-23(36(2,3)4)21-28(32(29)45-5)33(42)37-24-11-12-24/h7-10,13-14,21-22,24H,6,11-12,15-20H2,1-5H3,(H,37,42)(H,38,43)(H,40,44). The van der Waals surface area contributed by atoms with E-state index >= 15 is 0 Å². The second-order valence-electron chi connectivity index (χ2n) is 12.8. The summed E-state index contributed by atoms with van der Waals surface area (Å²) in [5.74, 6) is -0.0208. The number of amides is 3. The van der Waals surface area contributed by atoms with Crippen molar-refractivity contribution in [3.8, 4) is 11.5 Å². The summed E-state index contributed by atoms with van der Waals surface area (Å²) in [5, 5.41) is 11.7. The fourth-order valence-electron chi connectivity index (χ4n) is 5.43. The second kappa shape index (κ2) is 15.5. The van der Waals surface area contributed by atoms with Crippen molar-refractivity contribution >= 4 is 40.1 Å². The lowest BCUT2D eigenvalue weighted by molar-refractivity contribution is -0.110. The number of anilines is 1. The largest absolute Gasteiger partial charge is 0.494 e.